The maximum atomic E-state index is 13.3. The van der Waals surface area contributed by atoms with Crippen molar-refractivity contribution >= 4 is 18.0 Å². The molecule has 186 valence electrons. The third kappa shape index (κ3) is 4.77. The predicted octanol–water partition coefficient (Wildman–Crippen LogP) is 4.65. The molecule has 7 nitrogen and oxygen atoms in total. The van der Waals surface area contributed by atoms with E-state index in [-0.39, 0.29) is 30.9 Å². The number of ether oxygens (including phenoxy) is 1. The van der Waals surface area contributed by atoms with Crippen LogP contribution in [0.5, 0.6) is 0 Å². The number of carboxylic acids is 1. The number of hydrogen-bond donors (Lipinski definition) is 2. The second kappa shape index (κ2) is 10.1. The number of rotatable bonds is 8. The zero-order chi connectivity index (χ0) is 25.2. The molecule has 1 fully saturated rings. The van der Waals surface area contributed by atoms with Gasteiger partial charge in [-0.3, -0.25) is 9.59 Å². The van der Waals surface area contributed by atoms with E-state index in [1.165, 1.54) is 0 Å². The first kappa shape index (κ1) is 24.8. The summed E-state index contributed by atoms with van der Waals surface area (Å²) in [7, 11) is 0. The molecule has 35 heavy (non-hydrogen) atoms. The first-order chi connectivity index (χ1) is 16.8. The lowest BCUT2D eigenvalue weighted by Crippen LogP contribution is -2.51. The maximum Gasteiger partial charge on any atom is 0.407 e. The predicted molar refractivity (Wildman–Crippen MR) is 133 cm³/mol. The Hall–Kier alpha value is -3.35. The van der Waals surface area contributed by atoms with Crippen LogP contribution in [0.15, 0.2) is 48.5 Å². The van der Waals surface area contributed by atoms with Crippen molar-refractivity contribution in [1.82, 2.24) is 10.2 Å². The van der Waals surface area contributed by atoms with Gasteiger partial charge in [-0.1, -0.05) is 75.7 Å². The number of carbonyl (C=O) groups excluding carboxylic acids is 2. The van der Waals surface area contributed by atoms with Crippen molar-refractivity contribution in [3.63, 3.8) is 0 Å². The lowest BCUT2D eigenvalue weighted by atomic mass is 9.83. The standard InChI is InChI=1S/C28H34N2O5/c1-4-13-28(26(32)33)14-15-30(17-28)25(31)24(18(2)3)29-27(34)35-16-23-21-11-7-5-9-19(21)20-10-6-8-12-22(20)23/h5-12,18,23-24H,4,13-17H2,1-3H3,(H,29,34)(H,32,33)/t24-,28?/m0/s1. The Morgan fingerprint density at radius 3 is 2.23 bits per heavy atom. The second-order valence-corrected chi connectivity index (χ2v) is 10.0. The Bertz CT molecular complexity index is 1070. The van der Waals surface area contributed by atoms with Gasteiger partial charge in [-0.25, -0.2) is 4.79 Å². The highest BCUT2D eigenvalue weighted by molar-refractivity contribution is 5.87. The van der Waals surface area contributed by atoms with Gasteiger partial charge in [0.2, 0.25) is 5.91 Å². The molecule has 1 saturated heterocycles. The van der Waals surface area contributed by atoms with Crippen LogP contribution < -0.4 is 5.32 Å². The van der Waals surface area contributed by atoms with Gasteiger partial charge >= 0.3 is 12.1 Å². The van der Waals surface area contributed by atoms with Crippen molar-refractivity contribution < 1.29 is 24.2 Å². The Labute approximate surface area is 206 Å². The Morgan fingerprint density at radius 2 is 1.69 bits per heavy atom. The number of amides is 2. The van der Waals surface area contributed by atoms with Crippen LogP contribution in [0.4, 0.5) is 4.79 Å². The molecule has 1 unspecified atom stereocenters. The van der Waals surface area contributed by atoms with Crippen LogP contribution in [-0.2, 0) is 14.3 Å². The van der Waals surface area contributed by atoms with E-state index in [4.69, 9.17) is 4.74 Å². The van der Waals surface area contributed by atoms with Gasteiger partial charge in [0.25, 0.3) is 0 Å². The highest BCUT2D eigenvalue weighted by atomic mass is 16.5. The minimum atomic E-state index is -0.907. The first-order valence-corrected chi connectivity index (χ1v) is 12.4. The summed E-state index contributed by atoms with van der Waals surface area (Å²) in [4.78, 5) is 39.6. The monoisotopic (exact) mass is 478 g/mol. The topological polar surface area (TPSA) is 95.9 Å². The number of fused-ring (bicyclic) bond motifs is 3. The zero-order valence-electron chi connectivity index (χ0n) is 20.6. The molecule has 2 aliphatic rings. The summed E-state index contributed by atoms with van der Waals surface area (Å²) < 4.78 is 5.64. The molecule has 0 saturated carbocycles. The Morgan fingerprint density at radius 1 is 1.09 bits per heavy atom. The number of aliphatic carboxylic acids is 1. The summed E-state index contributed by atoms with van der Waals surface area (Å²) in [6.45, 7) is 6.38. The van der Waals surface area contributed by atoms with E-state index in [9.17, 15) is 19.5 Å². The van der Waals surface area contributed by atoms with E-state index in [1.807, 2.05) is 45.0 Å². The number of hydrogen-bond acceptors (Lipinski definition) is 4. The molecular formula is C28H34N2O5. The summed E-state index contributed by atoms with van der Waals surface area (Å²) in [5.74, 6) is -1.35. The van der Waals surface area contributed by atoms with Crippen molar-refractivity contribution in [2.45, 2.75) is 52.0 Å². The largest absolute Gasteiger partial charge is 0.481 e. The number of carbonyl (C=O) groups is 3. The molecule has 7 heteroatoms. The van der Waals surface area contributed by atoms with Gasteiger partial charge in [0, 0.05) is 19.0 Å². The average molecular weight is 479 g/mol. The minimum absolute atomic E-state index is 0.0647. The van der Waals surface area contributed by atoms with Crippen molar-refractivity contribution in [3.05, 3.63) is 59.7 Å². The summed E-state index contributed by atoms with van der Waals surface area (Å²) in [5, 5.41) is 12.5. The fourth-order valence-electron chi connectivity index (χ4n) is 5.50. The first-order valence-electron chi connectivity index (χ1n) is 12.4. The van der Waals surface area contributed by atoms with Gasteiger partial charge in [0.1, 0.15) is 12.6 Å². The van der Waals surface area contributed by atoms with E-state index in [0.29, 0.717) is 19.4 Å². The quantitative estimate of drug-likeness (QED) is 0.576. The molecule has 0 bridgehead atoms. The lowest BCUT2D eigenvalue weighted by molar-refractivity contribution is -0.149. The van der Waals surface area contributed by atoms with Crippen molar-refractivity contribution in [2.75, 3.05) is 19.7 Å². The minimum Gasteiger partial charge on any atom is -0.481 e. The SMILES string of the molecule is CCCC1(C(=O)O)CCN(C(=O)[C@@H](NC(=O)OCC2c3ccccc3-c3ccccc32)C(C)C)C1. The second-order valence-electron chi connectivity index (χ2n) is 10.0. The lowest BCUT2D eigenvalue weighted by Gasteiger charge is -2.28. The number of likely N-dealkylation sites (tertiary alicyclic amines) is 1. The van der Waals surface area contributed by atoms with Gasteiger partial charge < -0.3 is 20.1 Å². The summed E-state index contributed by atoms with van der Waals surface area (Å²) >= 11 is 0. The normalized spacial score (nSPS) is 19.8. The van der Waals surface area contributed by atoms with Crippen LogP contribution in [0.2, 0.25) is 0 Å². The molecule has 2 amide bonds. The average Bonchev–Trinajstić information content (AvgIpc) is 3.41. The molecule has 2 aromatic rings. The van der Waals surface area contributed by atoms with Gasteiger partial charge in [0.15, 0.2) is 0 Å². The van der Waals surface area contributed by atoms with Crippen molar-refractivity contribution in [2.24, 2.45) is 11.3 Å². The van der Waals surface area contributed by atoms with Crippen LogP contribution in [0.1, 0.15) is 57.1 Å². The molecule has 4 rings (SSSR count). The molecular weight excluding hydrogens is 444 g/mol. The van der Waals surface area contributed by atoms with Crippen molar-refractivity contribution in [1.29, 1.82) is 0 Å². The van der Waals surface area contributed by atoms with Gasteiger partial charge in [-0.2, -0.15) is 0 Å². The highest BCUT2D eigenvalue weighted by Gasteiger charge is 2.46. The molecule has 0 spiro atoms. The van der Waals surface area contributed by atoms with Crippen LogP contribution in [-0.4, -0.2) is 53.7 Å². The van der Waals surface area contributed by atoms with E-state index >= 15 is 0 Å². The van der Waals surface area contributed by atoms with E-state index in [2.05, 4.69) is 29.6 Å². The van der Waals surface area contributed by atoms with Gasteiger partial charge in [-0.15, -0.1) is 0 Å². The fraction of sp³-hybridized carbons (Fsp3) is 0.464. The molecule has 2 aromatic carbocycles. The van der Waals surface area contributed by atoms with Crippen LogP contribution in [0.3, 0.4) is 0 Å². The smallest absolute Gasteiger partial charge is 0.407 e. The molecule has 1 heterocycles. The van der Waals surface area contributed by atoms with E-state index in [0.717, 1.165) is 28.7 Å². The Balaban J connectivity index is 1.41. The molecule has 1 aliphatic carbocycles. The van der Waals surface area contributed by atoms with Crippen LogP contribution in [0, 0.1) is 11.3 Å². The summed E-state index contributed by atoms with van der Waals surface area (Å²) in [5.41, 5.74) is 3.63. The third-order valence-electron chi connectivity index (χ3n) is 7.40. The number of benzene rings is 2. The molecule has 0 aromatic heterocycles. The highest BCUT2D eigenvalue weighted by Crippen LogP contribution is 2.44. The molecule has 2 atom stereocenters. The summed E-state index contributed by atoms with van der Waals surface area (Å²) in [6, 6.07) is 15.5. The number of alkyl carbamates (subject to hydrolysis) is 1. The molecule has 1 aliphatic heterocycles. The summed E-state index contributed by atoms with van der Waals surface area (Å²) in [6.07, 6.45) is 1.05. The van der Waals surface area contributed by atoms with Crippen LogP contribution >= 0.6 is 0 Å². The van der Waals surface area contributed by atoms with Gasteiger partial charge in [0.05, 0.1) is 5.41 Å². The Kier molecular flexibility index (Phi) is 7.15. The van der Waals surface area contributed by atoms with E-state index in [1.54, 1.807) is 4.90 Å². The van der Waals surface area contributed by atoms with Gasteiger partial charge in [-0.05, 0) is 41.0 Å². The van der Waals surface area contributed by atoms with Crippen molar-refractivity contribution in [3.8, 4) is 11.1 Å². The number of nitrogens with zero attached hydrogens (tertiary/aromatic N) is 1. The third-order valence-corrected chi connectivity index (χ3v) is 7.40. The molecule has 2 N–H and O–H groups in total. The van der Waals surface area contributed by atoms with E-state index < -0.39 is 23.5 Å². The molecule has 0 radical (unpaired) electrons. The fourth-order valence-corrected chi connectivity index (χ4v) is 5.50. The maximum absolute atomic E-state index is 13.3. The number of nitrogens with one attached hydrogen (secondary N) is 1. The zero-order valence-corrected chi connectivity index (χ0v) is 20.6. The number of carboxylic acid groups (broad SMARTS) is 1. The van der Waals surface area contributed by atoms with Crippen LogP contribution in [0.25, 0.3) is 11.1 Å².